The number of carbonyl (C=O) groups excluding carboxylic acids is 1. The fourth-order valence-electron chi connectivity index (χ4n) is 1.80. The van der Waals surface area contributed by atoms with E-state index in [0.717, 1.165) is 5.75 Å². The van der Waals surface area contributed by atoms with Crippen LogP contribution in [0, 0.1) is 0 Å². The molecule has 2 rings (SSSR count). The second-order valence-corrected chi connectivity index (χ2v) is 4.83. The Balaban J connectivity index is 1.91. The molecule has 0 aliphatic heterocycles. The minimum atomic E-state index is -0.410. The molecule has 0 spiro atoms. The number of ether oxygens (including phenoxy) is 1. The average molecular weight is 285 g/mol. The summed E-state index contributed by atoms with van der Waals surface area (Å²) in [6.07, 6.45) is 0.132. The molecule has 4 heteroatoms. The molecule has 1 unspecified atom stereocenters. The predicted octanol–water partition coefficient (Wildman–Crippen LogP) is 2.98. The van der Waals surface area contributed by atoms with E-state index in [2.05, 4.69) is 5.32 Å². The Kier molecular flexibility index (Phi) is 5.35. The van der Waals surface area contributed by atoms with Gasteiger partial charge in [-0.2, -0.15) is 0 Å². The number of hydrogen-bond donors (Lipinski definition) is 2. The van der Waals surface area contributed by atoms with Gasteiger partial charge in [-0.3, -0.25) is 4.79 Å². The minimum Gasteiger partial charge on any atom is -0.457 e. The SMILES string of the molecule is CC(O)CCNC(=O)c1ccc(Oc2ccccc2)cc1. The molecular formula is C17H19NO3. The highest BCUT2D eigenvalue weighted by Gasteiger charge is 2.06. The van der Waals surface area contributed by atoms with E-state index in [1.165, 1.54) is 0 Å². The Hall–Kier alpha value is -2.33. The number of hydrogen-bond acceptors (Lipinski definition) is 3. The first-order valence-corrected chi connectivity index (χ1v) is 6.94. The van der Waals surface area contributed by atoms with Crippen molar-refractivity contribution in [1.82, 2.24) is 5.32 Å². The third-order valence-electron chi connectivity index (χ3n) is 2.94. The molecule has 0 aliphatic carbocycles. The molecule has 0 fully saturated rings. The quantitative estimate of drug-likeness (QED) is 0.858. The lowest BCUT2D eigenvalue weighted by Crippen LogP contribution is -2.26. The Bertz CT molecular complexity index is 564. The highest BCUT2D eigenvalue weighted by Crippen LogP contribution is 2.21. The molecule has 0 heterocycles. The molecule has 0 aliphatic rings. The molecule has 0 aromatic heterocycles. The van der Waals surface area contributed by atoms with E-state index in [1.54, 1.807) is 31.2 Å². The van der Waals surface area contributed by atoms with Gasteiger partial charge in [0.2, 0.25) is 0 Å². The second kappa shape index (κ2) is 7.45. The van der Waals surface area contributed by atoms with E-state index >= 15 is 0 Å². The maximum absolute atomic E-state index is 11.9. The van der Waals surface area contributed by atoms with E-state index in [1.807, 2.05) is 30.3 Å². The molecular weight excluding hydrogens is 266 g/mol. The minimum absolute atomic E-state index is 0.151. The van der Waals surface area contributed by atoms with Crippen LogP contribution in [0.2, 0.25) is 0 Å². The third kappa shape index (κ3) is 4.93. The number of aliphatic hydroxyl groups excluding tert-OH is 1. The normalized spacial score (nSPS) is 11.7. The first-order chi connectivity index (χ1) is 10.1. The van der Waals surface area contributed by atoms with Crippen LogP contribution in [-0.2, 0) is 0 Å². The van der Waals surface area contributed by atoms with Gasteiger partial charge in [0, 0.05) is 12.1 Å². The molecule has 0 radical (unpaired) electrons. The number of carbonyl (C=O) groups is 1. The first kappa shape index (κ1) is 15.1. The Morgan fingerprint density at radius 2 is 1.71 bits per heavy atom. The maximum atomic E-state index is 11.9. The summed E-state index contributed by atoms with van der Waals surface area (Å²) in [5.74, 6) is 1.29. The molecule has 0 saturated carbocycles. The fraction of sp³-hybridized carbons (Fsp3) is 0.235. The molecule has 21 heavy (non-hydrogen) atoms. The number of benzene rings is 2. The summed E-state index contributed by atoms with van der Waals surface area (Å²) in [5, 5.41) is 11.9. The third-order valence-corrected chi connectivity index (χ3v) is 2.94. The number of nitrogens with one attached hydrogen (secondary N) is 1. The first-order valence-electron chi connectivity index (χ1n) is 6.94. The number of aliphatic hydroxyl groups is 1. The Morgan fingerprint density at radius 1 is 1.10 bits per heavy atom. The van der Waals surface area contributed by atoms with Crippen molar-refractivity contribution in [1.29, 1.82) is 0 Å². The van der Waals surface area contributed by atoms with E-state index < -0.39 is 6.10 Å². The number of rotatable bonds is 6. The summed E-state index contributed by atoms with van der Waals surface area (Å²) >= 11 is 0. The van der Waals surface area contributed by atoms with Crippen molar-refractivity contribution in [3.05, 3.63) is 60.2 Å². The average Bonchev–Trinajstić information content (AvgIpc) is 2.48. The summed E-state index contributed by atoms with van der Waals surface area (Å²) in [7, 11) is 0. The van der Waals surface area contributed by atoms with E-state index in [0.29, 0.717) is 24.3 Å². The van der Waals surface area contributed by atoms with Gasteiger partial charge in [-0.15, -0.1) is 0 Å². The van der Waals surface area contributed by atoms with Crippen molar-refractivity contribution in [3.63, 3.8) is 0 Å². The number of amides is 1. The summed E-state index contributed by atoms with van der Waals surface area (Å²) in [6, 6.07) is 16.4. The van der Waals surface area contributed by atoms with Gasteiger partial charge in [0.15, 0.2) is 0 Å². The Labute approximate surface area is 124 Å². The molecule has 0 saturated heterocycles. The van der Waals surface area contributed by atoms with Crippen molar-refractivity contribution in [3.8, 4) is 11.5 Å². The van der Waals surface area contributed by atoms with Crippen LogP contribution in [0.4, 0.5) is 0 Å². The van der Waals surface area contributed by atoms with Crippen LogP contribution in [-0.4, -0.2) is 23.7 Å². The van der Waals surface area contributed by atoms with E-state index in [9.17, 15) is 4.79 Å². The fourth-order valence-corrected chi connectivity index (χ4v) is 1.80. The van der Waals surface area contributed by atoms with Crippen LogP contribution >= 0.6 is 0 Å². The lowest BCUT2D eigenvalue weighted by atomic mass is 10.2. The van der Waals surface area contributed by atoms with Crippen LogP contribution in [0.15, 0.2) is 54.6 Å². The van der Waals surface area contributed by atoms with Crippen molar-refractivity contribution in [2.75, 3.05) is 6.54 Å². The summed E-state index contributed by atoms with van der Waals surface area (Å²) in [4.78, 5) is 11.9. The Morgan fingerprint density at radius 3 is 2.33 bits per heavy atom. The smallest absolute Gasteiger partial charge is 0.251 e. The van der Waals surface area contributed by atoms with Gasteiger partial charge < -0.3 is 15.2 Å². The lowest BCUT2D eigenvalue weighted by Gasteiger charge is -2.08. The topological polar surface area (TPSA) is 58.6 Å². The van der Waals surface area contributed by atoms with Crippen LogP contribution in [0.3, 0.4) is 0 Å². The van der Waals surface area contributed by atoms with Gasteiger partial charge in [0.05, 0.1) is 6.10 Å². The van der Waals surface area contributed by atoms with Gasteiger partial charge in [-0.25, -0.2) is 0 Å². The molecule has 2 aromatic carbocycles. The van der Waals surface area contributed by atoms with E-state index in [4.69, 9.17) is 9.84 Å². The highest BCUT2D eigenvalue weighted by molar-refractivity contribution is 5.94. The zero-order valence-corrected chi connectivity index (χ0v) is 12.0. The highest BCUT2D eigenvalue weighted by atomic mass is 16.5. The van der Waals surface area contributed by atoms with Gasteiger partial charge in [0.1, 0.15) is 11.5 Å². The lowest BCUT2D eigenvalue weighted by molar-refractivity contribution is 0.0945. The van der Waals surface area contributed by atoms with E-state index in [-0.39, 0.29) is 5.91 Å². The molecule has 110 valence electrons. The van der Waals surface area contributed by atoms with Crippen molar-refractivity contribution in [2.24, 2.45) is 0 Å². The zero-order valence-electron chi connectivity index (χ0n) is 12.0. The monoisotopic (exact) mass is 285 g/mol. The molecule has 2 N–H and O–H groups in total. The van der Waals surface area contributed by atoms with Crippen LogP contribution in [0.1, 0.15) is 23.7 Å². The van der Waals surface area contributed by atoms with Gasteiger partial charge in [0.25, 0.3) is 5.91 Å². The van der Waals surface area contributed by atoms with Gasteiger partial charge in [-0.05, 0) is 49.7 Å². The van der Waals surface area contributed by atoms with Crippen LogP contribution in [0.25, 0.3) is 0 Å². The van der Waals surface area contributed by atoms with Gasteiger partial charge >= 0.3 is 0 Å². The van der Waals surface area contributed by atoms with Crippen LogP contribution in [0.5, 0.6) is 11.5 Å². The summed E-state index contributed by atoms with van der Waals surface area (Å²) in [5.41, 5.74) is 0.570. The summed E-state index contributed by atoms with van der Waals surface area (Å²) < 4.78 is 5.66. The molecule has 1 amide bonds. The van der Waals surface area contributed by atoms with Crippen LogP contribution < -0.4 is 10.1 Å². The zero-order chi connectivity index (χ0) is 15.1. The molecule has 4 nitrogen and oxygen atoms in total. The predicted molar refractivity (Wildman–Crippen MR) is 81.6 cm³/mol. The largest absolute Gasteiger partial charge is 0.457 e. The summed E-state index contributed by atoms with van der Waals surface area (Å²) in [6.45, 7) is 2.15. The van der Waals surface area contributed by atoms with Gasteiger partial charge in [-0.1, -0.05) is 18.2 Å². The molecule has 0 bridgehead atoms. The molecule has 2 aromatic rings. The maximum Gasteiger partial charge on any atom is 0.251 e. The number of para-hydroxylation sites is 1. The standard InChI is InChI=1S/C17H19NO3/c1-13(19)11-12-18-17(20)14-7-9-16(10-8-14)21-15-5-3-2-4-6-15/h2-10,13,19H,11-12H2,1H3,(H,18,20). The van der Waals surface area contributed by atoms with Crippen molar-refractivity contribution >= 4 is 5.91 Å². The van der Waals surface area contributed by atoms with Crippen molar-refractivity contribution in [2.45, 2.75) is 19.4 Å². The second-order valence-electron chi connectivity index (χ2n) is 4.83. The molecule has 1 atom stereocenters. The van der Waals surface area contributed by atoms with Crippen molar-refractivity contribution < 1.29 is 14.6 Å².